The smallest absolute Gasteiger partial charge is 0.169 e. The van der Waals surface area contributed by atoms with Crippen LogP contribution in [0.15, 0.2) is 36.4 Å². The molecule has 0 amide bonds. The summed E-state index contributed by atoms with van der Waals surface area (Å²) in [6.45, 7) is 5.07. The second-order valence-corrected chi connectivity index (χ2v) is 12.4. The number of aliphatic hydroxyl groups is 2. The van der Waals surface area contributed by atoms with Gasteiger partial charge in [0.1, 0.15) is 34.6 Å². The van der Waals surface area contributed by atoms with Crippen molar-refractivity contribution in [3.05, 3.63) is 58.7 Å². The average molecular weight is 599 g/mol. The van der Waals surface area contributed by atoms with Gasteiger partial charge in [0, 0.05) is 12.8 Å². The molecule has 2 aliphatic carbocycles. The van der Waals surface area contributed by atoms with Gasteiger partial charge in [0.05, 0.1) is 44.9 Å². The second kappa shape index (κ2) is 9.35. The highest BCUT2D eigenvalue weighted by Crippen LogP contribution is 2.58. The maximum Gasteiger partial charge on any atom is 0.169 e. The zero-order chi connectivity index (χ0) is 32.2. The minimum atomic E-state index is -1.93. The zero-order valence-corrected chi connectivity index (χ0v) is 24.3. The molecule has 0 spiro atoms. The molecule has 10 heteroatoms. The van der Waals surface area contributed by atoms with Gasteiger partial charge < -0.3 is 30.6 Å². The van der Waals surface area contributed by atoms with Gasteiger partial charge in [-0.05, 0) is 72.9 Å². The van der Waals surface area contributed by atoms with Gasteiger partial charge in [-0.1, -0.05) is 24.3 Å². The number of fused-ring (bicyclic) bond motifs is 4. The van der Waals surface area contributed by atoms with E-state index in [0.29, 0.717) is 0 Å². The van der Waals surface area contributed by atoms with Gasteiger partial charge in [0.15, 0.2) is 11.6 Å². The number of phenols is 4. The van der Waals surface area contributed by atoms with Crippen molar-refractivity contribution in [1.29, 1.82) is 0 Å². The first-order valence-corrected chi connectivity index (χ1v) is 14.0. The topological polar surface area (TPSA) is 190 Å². The fourth-order valence-electron chi connectivity index (χ4n) is 7.66. The monoisotopic (exact) mass is 598 g/mol. The predicted molar refractivity (Wildman–Crippen MR) is 160 cm³/mol. The van der Waals surface area contributed by atoms with Crippen LogP contribution in [0.2, 0.25) is 0 Å². The lowest BCUT2D eigenvalue weighted by molar-refractivity contribution is -0.125. The third kappa shape index (κ3) is 3.80. The van der Waals surface area contributed by atoms with Gasteiger partial charge in [-0.15, -0.1) is 0 Å². The van der Waals surface area contributed by atoms with Crippen LogP contribution >= 0.6 is 0 Å². The van der Waals surface area contributed by atoms with Crippen LogP contribution in [0, 0.1) is 0 Å². The lowest BCUT2D eigenvalue weighted by Crippen LogP contribution is -2.44. The van der Waals surface area contributed by atoms with Crippen molar-refractivity contribution in [3.63, 3.8) is 0 Å². The van der Waals surface area contributed by atoms with Crippen LogP contribution in [0.5, 0.6) is 23.0 Å². The predicted octanol–water partition coefficient (Wildman–Crippen LogP) is 4.50. The molecule has 2 aliphatic rings. The van der Waals surface area contributed by atoms with Crippen molar-refractivity contribution in [2.45, 2.75) is 63.6 Å². The molecule has 226 valence electrons. The van der Waals surface area contributed by atoms with E-state index >= 15 is 0 Å². The molecule has 44 heavy (non-hydrogen) atoms. The van der Waals surface area contributed by atoms with Crippen LogP contribution in [0.25, 0.3) is 32.7 Å². The van der Waals surface area contributed by atoms with Crippen LogP contribution < -0.4 is 0 Å². The Balaban J connectivity index is 2.01. The molecule has 6 rings (SSSR count). The summed E-state index contributed by atoms with van der Waals surface area (Å²) in [5.74, 6) is -7.45. The van der Waals surface area contributed by atoms with Crippen LogP contribution in [0.4, 0.5) is 0 Å². The van der Waals surface area contributed by atoms with Crippen LogP contribution in [-0.4, -0.2) is 65.0 Å². The summed E-state index contributed by atoms with van der Waals surface area (Å²) < 4.78 is 0. The summed E-state index contributed by atoms with van der Waals surface area (Å²) in [7, 11) is 0. The molecule has 0 bridgehead atoms. The third-order valence-corrected chi connectivity index (χ3v) is 9.13. The molecular formula is C34H30O10. The maximum absolute atomic E-state index is 13.7. The van der Waals surface area contributed by atoms with E-state index in [9.17, 15) is 49.8 Å². The summed E-state index contributed by atoms with van der Waals surface area (Å²) in [4.78, 5) is 54.0. The molecule has 0 aliphatic heterocycles. The molecular weight excluding hydrogens is 568 g/mol. The van der Waals surface area contributed by atoms with Crippen molar-refractivity contribution in [2.24, 2.45) is 0 Å². The number of hydrogen-bond acceptors (Lipinski definition) is 10. The van der Waals surface area contributed by atoms with Gasteiger partial charge >= 0.3 is 0 Å². The SMILES string of the molecule is CC(=O)[C@@H]1c2c(c(O)c3c(O)cccc3c2-c2c3c(c(O)c4c(O)cccc24)C(=O)C[C@](C)(O)[C@H]3C(C)=O)C(=O)C[C@@]1(C)O. The Morgan fingerprint density at radius 1 is 0.636 bits per heavy atom. The fourth-order valence-corrected chi connectivity index (χ4v) is 7.66. The first-order valence-electron chi connectivity index (χ1n) is 14.0. The van der Waals surface area contributed by atoms with Gasteiger partial charge in [-0.3, -0.25) is 19.2 Å². The molecule has 0 saturated carbocycles. The zero-order valence-electron chi connectivity index (χ0n) is 24.3. The van der Waals surface area contributed by atoms with E-state index in [1.165, 1.54) is 64.1 Å². The lowest BCUT2D eigenvalue weighted by Gasteiger charge is -2.41. The highest BCUT2D eigenvalue weighted by molar-refractivity contribution is 6.23. The standard InChI is InChI=1S/C34H30O10/c1-13(35)29-27-23(15-7-5-9-17(37)21(15)31(41)25(27)19(39)11-33(29,3)43)24-16-8-6-10-18(38)22(16)32(42)26-20(40)12-34(4,44)30(14(2)36)28(24)26/h5-10,29-30,37-38,41-44H,11-12H2,1-4H3/t29-,30+,33-,34+. The molecule has 4 aromatic carbocycles. The highest BCUT2D eigenvalue weighted by atomic mass is 16.3. The van der Waals surface area contributed by atoms with Gasteiger partial charge in [-0.25, -0.2) is 0 Å². The summed E-state index contributed by atoms with van der Waals surface area (Å²) in [5, 5.41) is 67.8. The molecule has 6 N–H and O–H groups in total. The van der Waals surface area contributed by atoms with Crippen molar-refractivity contribution in [2.75, 3.05) is 0 Å². The molecule has 4 atom stereocenters. The first kappa shape index (κ1) is 29.3. The van der Waals surface area contributed by atoms with E-state index in [1.54, 1.807) is 0 Å². The normalized spacial score (nSPS) is 24.8. The Kier molecular flexibility index (Phi) is 6.22. The van der Waals surface area contributed by atoms with E-state index in [1.807, 2.05) is 0 Å². The Morgan fingerprint density at radius 3 is 1.30 bits per heavy atom. The summed E-state index contributed by atoms with van der Waals surface area (Å²) >= 11 is 0. The van der Waals surface area contributed by atoms with Gasteiger partial charge in [-0.2, -0.15) is 0 Å². The molecule has 0 radical (unpaired) electrons. The molecule has 0 unspecified atom stereocenters. The number of hydrogen-bond donors (Lipinski definition) is 6. The van der Waals surface area contributed by atoms with Crippen molar-refractivity contribution < 1.29 is 49.8 Å². The summed E-state index contributed by atoms with van der Waals surface area (Å²) in [6, 6.07) is 8.47. The minimum absolute atomic E-state index is 0.0147. The number of carbonyl (C=O) groups excluding carboxylic acids is 4. The third-order valence-electron chi connectivity index (χ3n) is 9.13. The van der Waals surface area contributed by atoms with Crippen molar-refractivity contribution >= 4 is 44.7 Å². The van der Waals surface area contributed by atoms with Crippen LogP contribution in [-0.2, 0) is 9.59 Å². The minimum Gasteiger partial charge on any atom is -0.507 e. The largest absolute Gasteiger partial charge is 0.507 e. The lowest BCUT2D eigenvalue weighted by atomic mass is 9.63. The Hall–Kier alpha value is -4.80. The number of rotatable bonds is 3. The highest BCUT2D eigenvalue weighted by Gasteiger charge is 2.51. The summed E-state index contributed by atoms with van der Waals surface area (Å²) in [6.07, 6.45) is -1.07. The molecule has 0 heterocycles. The van der Waals surface area contributed by atoms with E-state index < -0.39 is 82.0 Å². The Bertz CT molecular complexity index is 1870. The van der Waals surface area contributed by atoms with Crippen molar-refractivity contribution in [3.8, 4) is 34.1 Å². The summed E-state index contributed by atoms with van der Waals surface area (Å²) in [5.41, 5.74) is -4.70. The second-order valence-electron chi connectivity index (χ2n) is 12.4. The maximum atomic E-state index is 13.7. The molecule has 4 aromatic rings. The number of ketones is 4. The van der Waals surface area contributed by atoms with E-state index in [-0.39, 0.29) is 54.9 Å². The molecule has 10 nitrogen and oxygen atoms in total. The first-order chi connectivity index (χ1) is 20.5. The van der Waals surface area contributed by atoms with E-state index in [2.05, 4.69) is 0 Å². The quantitative estimate of drug-likeness (QED) is 0.196. The number of phenolic OH excluding ortho intramolecular Hbond substituents is 4. The Morgan fingerprint density at radius 2 is 0.977 bits per heavy atom. The number of aromatic hydroxyl groups is 4. The molecule has 0 fully saturated rings. The van der Waals surface area contributed by atoms with Crippen molar-refractivity contribution in [1.82, 2.24) is 0 Å². The van der Waals surface area contributed by atoms with Gasteiger partial charge in [0.2, 0.25) is 0 Å². The average Bonchev–Trinajstić information content (AvgIpc) is 2.87. The number of Topliss-reactive ketones (excluding diaryl/α,β-unsaturated/α-hetero) is 4. The fraction of sp³-hybridized carbons (Fsp3) is 0.294. The van der Waals surface area contributed by atoms with Crippen LogP contribution in [0.1, 0.15) is 84.2 Å². The molecule has 0 saturated heterocycles. The van der Waals surface area contributed by atoms with E-state index in [0.717, 1.165) is 0 Å². The number of benzene rings is 4. The molecule has 0 aromatic heterocycles. The van der Waals surface area contributed by atoms with Gasteiger partial charge in [0.25, 0.3) is 0 Å². The van der Waals surface area contributed by atoms with E-state index in [4.69, 9.17) is 0 Å². The number of carbonyl (C=O) groups is 4. The Labute approximate surface area is 250 Å². The van der Waals surface area contributed by atoms with Crippen LogP contribution in [0.3, 0.4) is 0 Å².